The SMILES string of the molecule is CC(C)Cc1nnc(NS(=O)(=O)c2ccc(C#N)nc2)s1. The summed E-state index contributed by atoms with van der Waals surface area (Å²) in [4.78, 5) is 3.71. The summed E-state index contributed by atoms with van der Waals surface area (Å²) in [7, 11) is -3.77. The molecule has 0 fully saturated rings. The van der Waals surface area contributed by atoms with Crippen molar-refractivity contribution in [2.45, 2.75) is 25.2 Å². The van der Waals surface area contributed by atoms with E-state index in [0.717, 1.165) is 17.6 Å². The molecule has 0 bridgehead atoms. The van der Waals surface area contributed by atoms with Gasteiger partial charge in [0.1, 0.15) is 21.7 Å². The maximum atomic E-state index is 12.1. The number of nitrogens with one attached hydrogen (secondary N) is 1. The predicted molar refractivity (Wildman–Crippen MR) is 78.2 cm³/mol. The van der Waals surface area contributed by atoms with Gasteiger partial charge >= 0.3 is 0 Å². The molecule has 2 aromatic heterocycles. The molecule has 7 nitrogen and oxygen atoms in total. The van der Waals surface area contributed by atoms with E-state index in [9.17, 15) is 8.42 Å². The lowest BCUT2D eigenvalue weighted by Crippen LogP contribution is -2.13. The Balaban J connectivity index is 2.17. The van der Waals surface area contributed by atoms with Crippen molar-refractivity contribution in [3.05, 3.63) is 29.0 Å². The van der Waals surface area contributed by atoms with Gasteiger partial charge in [-0.3, -0.25) is 4.72 Å². The van der Waals surface area contributed by atoms with E-state index in [0.29, 0.717) is 5.92 Å². The van der Waals surface area contributed by atoms with Crippen molar-refractivity contribution < 1.29 is 8.42 Å². The average molecular weight is 323 g/mol. The predicted octanol–water partition coefficient (Wildman–Crippen LogP) is 1.80. The lowest BCUT2D eigenvalue weighted by molar-refractivity contribution is 0.600. The number of aromatic nitrogens is 3. The van der Waals surface area contributed by atoms with Gasteiger partial charge < -0.3 is 0 Å². The summed E-state index contributed by atoms with van der Waals surface area (Å²) in [6.45, 7) is 4.10. The molecule has 0 unspecified atom stereocenters. The van der Waals surface area contributed by atoms with E-state index in [-0.39, 0.29) is 15.7 Å². The van der Waals surface area contributed by atoms with Gasteiger partial charge in [-0.05, 0) is 18.1 Å². The Kier molecular flexibility index (Phi) is 4.50. The molecule has 0 radical (unpaired) electrons. The lowest BCUT2D eigenvalue weighted by Gasteiger charge is -2.03. The summed E-state index contributed by atoms with van der Waals surface area (Å²) in [6, 6.07) is 4.50. The van der Waals surface area contributed by atoms with Crippen LogP contribution in [0, 0.1) is 17.2 Å². The normalized spacial score (nSPS) is 11.3. The second-order valence-electron chi connectivity index (χ2n) is 4.70. The fourth-order valence-electron chi connectivity index (χ4n) is 1.51. The minimum absolute atomic E-state index is 0.0258. The van der Waals surface area contributed by atoms with Crippen LogP contribution in [0.4, 0.5) is 5.13 Å². The summed E-state index contributed by atoms with van der Waals surface area (Å²) in [5, 5.41) is 17.4. The van der Waals surface area contributed by atoms with Crippen LogP contribution in [-0.2, 0) is 16.4 Å². The maximum absolute atomic E-state index is 12.1. The highest BCUT2D eigenvalue weighted by atomic mass is 32.2. The zero-order valence-electron chi connectivity index (χ0n) is 11.4. The molecule has 0 saturated heterocycles. The second-order valence-corrected chi connectivity index (χ2v) is 7.44. The van der Waals surface area contributed by atoms with Gasteiger partial charge in [-0.2, -0.15) is 5.26 Å². The molecule has 110 valence electrons. The molecule has 21 heavy (non-hydrogen) atoms. The van der Waals surface area contributed by atoms with Gasteiger partial charge in [0.05, 0.1) is 0 Å². The number of nitrogens with zero attached hydrogens (tertiary/aromatic N) is 4. The summed E-state index contributed by atoms with van der Waals surface area (Å²) < 4.78 is 26.6. The van der Waals surface area contributed by atoms with E-state index >= 15 is 0 Å². The Bertz CT molecular complexity index is 760. The molecule has 0 amide bonds. The second kappa shape index (κ2) is 6.15. The number of hydrogen-bond donors (Lipinski definition) is 1. The zero-order valence-corrected chi connectivity index (χ0v) is 13.1. The topological polar surface area (TPSA) is 109 Å². The summed E-state index contributed by atoms with van der Waals surface area (Å²) >= 11 is 1.21. The molecule has 2 rings (SSSR count). The number of nitriles is 1. The van der Waals surface area contributed by atoms with Gasteiger partial charge in [0, 0.05) is 12.6 Å². The average Bonchev–Trinajstić information content (AvgIpc) is 2.84. The number of rotatable bonds is 5. The number of anilines is 1. The Labute approximate surface area is 126 Å². The molecule has 0 saturated carbocycles. The first-order valence-electron chi connectivity index (χ1n) is 6.12. The number of sulfonamides is 1. The third-order valence-electron chi connectivity index (χ3n) is 2.43. The first-order valence-corrected chi connectivity index (χ1v) is 8.42. The molecule has 0 aliphatic rings. The highest BCUT2D eigenvalue weighted by molar-refractivity contribution is 7.93. The van der Waals surface area contributed by atoms with E-state index in [4.69, 9.17) is 5.26 Å². The first kappa shape index (κ1) is 15.3. The van der Waals surface area contributed by atoms with Gasteiger partial charge in [0.25, 0.3) is 10.0 Å². The van der Waals surface area contributed by atoms with Crippen LogP contribution in [0.5, 0.6) is 0 Å². The van der Waals surface area contributed by atoms with Crippen LogP contribution in [0.3, 0.4) is 0 Å². The fourth-order valence-corrected chi connectivity index (χ4v) is 3.63. The van der Waals surface area contributed by atoms with Crippen molar-refractivity contribution in [3.8, 4) is 6.07 Å². The van der Waals surface area contributed by atoms with E-state index < -0.39 is 10.0 Å². The van der Waals surface area contributed by atoms with Crippen molar-refractivity contribution >= 4 is 26.5 Å². The van der Waals surface area contributed by atoms with Gasteiger partial charge in [-0.1, -0.05) is 25.2 Å². The number of pyridine rings is 1. The molecule has 0 aliphatic heterocycles. The van der Waals surface area contributed by atoms with Crippen LogP contribution in [0.25, 0.3) is 0 Å². The van der Waals surface area contributed by atoms with Gasteiger partial charge in [-0.15, -0.1) is 10.2 Å². The van der Waals surface area contributed by atoms with E-state index in [2.05, 4.69) is 19.9 Å². The Hall–Kier alpha value is -2.05. The van der Waals surface area contributed by atoms with Gasteiger partial charge in [-0.25, -0.2) is 13.4 Å². The minimum Gasteiger partial charge on any atom is -0.253 e. The van der Waals surface area contributed by atoms with Crippen LogP contribution in [-0.4, -0.2) is 23.6 Å². The zero-order chi connectivity index (χ0) is 15.5. The fraction of sp³-hybridized carbons (Fsp3) is 0.333. The van der Waals surface area contributed by atoms with Gasteiger partial charge in [0.15, 0.2) is 0 Å². The Morgan fingerprint density at radius 2 is 2.14 bits per heavy atom. The summed E-state index contributed by atoms with van der Waals surface area (Å²) in [5.74, 6) is 0.421. The van der Waals surface area contributed by atoms with Crippen LogP contribution in [0.1, 0.15) is 24.5 Å². The first-order chi connectivity index (χ1) is 9.90. The highest BCUT2D eigenvalue weighted by Crippen LogP contribution is 2.21. The molecular weight excluding hydrogens is 310 g/mol. The lowest BCUT2D eigenvalue weighted by atomic mass is 10.1. The quantitative estimate of drug-likeness (QED) is 0.898. The standard InChI is InChI=1S/C12H13N5O2S2/c1-8(2)5-11-15-16-12(20-11)17-21(18,19)10-4-3-9(6-13)14-7-10/h3-4,7-8H,5H2,1-2H3,(H,16,17). The third kappa shape index (κ3) is 3.96. The molecule has 0 spiro atoms. The largest absolute Gasteiger partial charge is 0.265 e. The van der Waals surface area contributed by atoms with E-state index in [1.54, 1.807) is 0 Å². The van der Waals surface area contributed by atoms with E-state index in [1.807, 2.05) is 19.9 Å². The molecule has 0 aliphatic carbocycles. The van der Waals surface area contributed by atoms with Gasteiger partial charge in [0.2, 0.25) is 5.13 Å². The van der Waals surface area contributed by atoms with Crippen molar-refractivity contribution in [2.24, 2.45) is 5.92 Å². The number of hydrogen-bond acceptors (Lipinski definition) is 7. The summed E-state index contributed by atoms with van der Waals surface area (Å²) in [6.07, 6.45) is 1.88. The van der Waals surface area contributed by atoms with Crippen molar-refractivity contribution in [2.75, 3.05) is 4.72 Å². The minimum atomic E-state index is -3.77. The molecule has 1 N–H and O–H groups in total. The molecule has 0 aromatic carbocycles. The monoisotopic (exact) mass is 323 g/mol. The van der Waals surface area contributed by atoms with Crippen molar-refractivity contribution in [1.29, 1.82) is 5.26 Å². The third-order valence-corrected chi connectivity index (χ3v) is 4.75. The molecule has 2 heterocycles. The molecule has 9 heteroatoms. The summed E-state index contributed by atoms with van der Waals surface area (Å²) in [5.41, 5.74) is 0.157. The smallest absolute Gasteiger partial charge is 0.253 e. The van der Waals surface area contributed by atoms with Crippen molar-refractivity contribution in [1.82, 2.24) is 15.2 Å². The van der Waals surface area contributed by atoms with Crippen LogP contribution < -0.4 is 4.72 Å². The van der Waals surface area contributed by atoms with E-state index in [1.165, 1.54) is 23.5 Å². The molecule has 0 atom stereocenters. The molecule has 2 aromatic rings. The molecular formula is C12H13N5O2S2. The maximum Gasteiger partial charge on any atom is 0.265 e. The Morgan fingerprint density at radius 3 is 2.71 bits per heavy atom. The van der Waals surface area contributed by atoms with Crippen LogP contribution >= 0.6 is 11.3 Å². The highest BCUT2D eigenvalue weighted by Gasteiger charge is 2.17. The van der Waals surface area contributed by atoms with Crippen molar-refractivity contribution in [3.63, 3.8) is 0 Å². The van der Waals surface area contributed by atoms with Crippen LogP contribution in [0.2, 0.25) is 0 Å². The van der Waals surface area contributed by atoms with Crippen LogP contribution in [0.15, 0.2) is 23.2 Å². The Morgan fingerprint density at radius 1 is 1.38 bits per heavy atom.